The Balaban J connectivity index is 1.81. The van der Waals surface area contributed by atoms with E-state index < -0.39 is 0 Å². The van der Waals surface area contributed by atoms with Crippen molar-refractivity contribution >= 4 is 0 Å². The molecule has 0 saturated carbocycles. The molecule has 4 rings (SSSR count). The average Bonchev–Trinajstić information content (AvgIpc) is 2.54. The van der Waals surface area contributed by atoms with Crippen molar-refractivity contribution in [3.8, 4) is 22.6 Å². The van der Waals surface area contributed by atoms with Crippen LogP contribution in [-0.4, -0.2) is 23.1 Å². The lowest BCUT2D eigenvalue weighted by Gasteiger charge is -2.38. The number of ether oxygens (including phenoxy) is 1. The fourth-order valence-corrected chi connectivity index (χ4v) is 3.40. The van der Waals surface area contributed by atoms with E-state index in [1.807, 2.05) is 6.07 Å². The number of likely N-dealkylation sites (tertiary alicyclic amines) is 1. The van der Waals surface area contributed by atoms with Crippen molar-refractivity contribution < 1.29 is 9.84 Å². The van der Waals surface area contributed by atoms with Gasteiger partial charge in [0.2, 0.25) is 0 Å². The van der Waals surface area contributed by atoms with Gasteiger partial charge in [-0.3, -0.25) is 4.90 Å². The van der Waals surface area contributed by atoms with Crippen LogP contribution >= 0.6 is 0 Å². The second-order valence-electron chi connectivity index (χ2n) is 5.83. The quantitative estimate of drug-likeness (QED) is 0.859. The molecular weight excluding hydrogens is 262 g/mol. The van der Waals surface area contributed by atoms with Crippen LogP contribution in [0.25, 0.3) is 11.1 Å². The molecule has 1 saturated heterocycles. The van der Waals surface area contributed by atoms with Crippen LogP contribution in [0.2, 0.25) is 0 Å². The van der Waals surface area contributed by atoms with Crippen molar-refractivity contribution in [2.75, 3.05) is 13.1 Å². The highest BCUT2D eigenvalue weighted by molar-refractivity contribution is 5.76. The molecule has 1 atom stereocenters. The Labute approximate surface area is 124 Å². The number of fused-ring (bicyclic) bond motifs is 3. The third kappa shape index (κ3) is 2.18. The molecule has 1 fully saturated rings. The number of phenolic OH excluding ortho intramolecular Hbond substituents is 1. The fourth-order valence-electron chi connectivity index (χ4n) is 3.40. The number of rotatable bonds is 1. The van der Waals surface area contributed by atoms with Gasteiger partial charge in [-0.15, -0.1) is 0 Å². The van der Waals surface area contributed by atoms with Gasteiger partial charge in [-0.25, -0.2) is 0 Å². The van der Waals surface area contributed by atoms with Crippen molar-refractivity contribution in [1.29, 1.82) is 0 Å². The van der Waals surface area contributed by atoms with E-state index in [2.05, 4.69) is 29.2 Å². The van der Waals surface area contributed by atoms with E-state index in [0.717, 1.165) is 24.4 Å². The fraction of sp³-hybridized carbons (Fsp3) is 0.333. The first-order valence-corrected chi connectivity index (χ1v) is 7.66. The molecule has 0 amide bonds. The third-order valence-corrected chi connectivity index (χ3v) is 4.44. The Morgan fingerprint density at radius 3 is 2.62 bits per heavy atom. The summed E-state index contributed by atoms with van der Waals surface area (Å²) in [5.74, 6) is 1.04. The minimum atomic E-state index is -0.0317. The van der Waals surface area contributed by atoms with Crippen molar-refractivity contribution in [3.05, 3.63) is 48.0 Å². The molecule has 2 aromatic carbocycles. The molecule has 0 aliphatic carbocycles. The molecule has 3 nitrogen and oxygen atoms in total. The van der Waals surface area contributed by atoms with Crippen molar-refractivity contribution in [1.82, 2.24) is 4.90 Å². The van der Waals surface area contributed by atoms with Gasteiger partial charge in [-0.1, -0.05) is 30.7 Å². The maximum absolute atomic E-state index is 9.74. The van der Waals surface area contributed by atoms with E-state index in [4.69, 9.17) is 4.74 Å². The van der Waals surface area contributed by atoms with Crippen LogP contribution in [0.5, 0.6) is 11.5 Å². The highest BCUT2D eigenvalue weighted by Crippen LogP contribution is 2.45. The van der Waals surface area contributed by atoms with E-state index in [-0.39, 0.29) is 12.0 Å². The minimum absolute atomic E-state index is 0.0317. The Hall–Kier alpha value is -2.00. The topological polar surface area (TPSA) is 32.7 Å². The summed E-state index contributed by atoms with van der Waals surface area (Å²) in [6, 6.07) is 13.8. The predicted molar refractivity (Wildman–Crippen MR) is 82.3 cm³/mol. The van der Waals surface area contributed by atoms with Crippen molar-refractivity contribution in [2.24, 2.45) is 0 Å². The molecule has 2 heterocycles. The maximum Gasteiger partial charge on any atom is 0.179 e. The summed E-state index contributed by atoms with van der Waals surface area (Å²) in [7, 11) is 0. The molecule has 0 radical (unpaired) electrons. The summed E-state index contributed by atoms with van der Waals surface area (Å²) in [5.41, 5.74) is 3.52. The van der Waals surface area contributed by atoms with Crippen LogP contribution in [0, 0.1) is 0 Å². The van der Waals surface area contributed by atoms with E-state index in [9.17, 15) is 5.11 Å². The number of benzene rings is 2. The number of phenols is 1. The lowest BCUT2D eigenvalue weighted by atomic mass is 9.94. The second-order valence-corrected chi connectivity index (χ2v) is 5.83. The van der Waals surface area contributed by atoms with Gasteiger partial charge in [0.15, 0.2) is 6.23 Å². The average molecular weight is 281 g/mol. The zero-order valence-corrected chi connectivity index (χ0v) is 12.0. The molecule has 1 unspecified atom stereocenters. The Kier molecular flexibility index (Phi) is 3.08. The van der Waals surface area contributed by atoms with E-state index in [1.54, 1.807) is 12.1 Å². The Bertz CT molecular complexity index is 662. The summed E-state index contributed by atoms with van der Waals surface area (Å²) in [5, 5.41) is 9.74. The molecule has 1 N–H and O–H groups in total. The lowest BCUT2D eigenvalue weighted by Crippen LogP contribution is -2.38. The van der Waals surface area contributed by atoms with Gasteiger partial charge < -0.3 is 9.84 Å². The zero-order valence-electron chi connectivity index (χ0n) is 12.0. The standard InChI is InChI=1S/C18H19NO2/c20-13-8-9-15-14-6-2-3-7-16(14)18(21-17(15)12-13)19-10-4-1-5-11-19/h2-3,6-9,12,18,20H,1,4-5,10-11H2. The van der Waals surface area contributed by atoms with Crippen LogP contribution < -0.4 is 4.74 Å². The summed E-state index contributed by atoms with van der Waals surface area (Å²) in [6.07, 6.45) is 3.74. The number of hydrogen-bond acceptors (Lipinski definition) is 3. The highest BCUT2D eigenvalue weighted by Gasteiger charge is 2.31. The zero-order chi connectivity index (χ0) is 14.2. The maximum atomic E-state index is 9.74. The number of aromatic hydroxyl groups is 1. The van der Waals surface area contributed by atoms with Gasteiger partial charge in [-0.2, -0.15) is 0 Å². The summed E-state index contributed by atoms with van der Waals surface area (Å²) in [6.45, 7) is 2.15. The normalized spacial score (nSPS) is 21.2. The first-order valence-electron chi connectivity index (χ1n) is 7.66. The Morgan fingerprint density at radius 1 is 0.952 bits per heavy atom. The number of hydrogen-bond donors (Lipinski definition) is 1. The third-order valence-electron chi connectivity index (χ3n) is 4.44. The van der Waals surface area contributed by atoms with Crippen LogP contribution in [0.4, 0.5) is 0 Å². The van der Waals surface area contributed by atoms with E-state index in [1.165, 1.54) is 30.4 Å². The summed E-state index contributed by atoms with van der Waals surface area (Å²) >= 11 is 0. The first-order chi connectivity index (χ1) is 10.3. The van der Waals surface area contributed by atoms with E-state index in [0.29, 0.717) is 0 Å². The highest BCUT2D eigenvalue weighted by atomic mass is 16.5. The molecule has 2 aliphatic rings. The largest absolute Gasteiger partial charge is 0.508 e. The van der Waals surface area contributed by atoms with Crippen molar-refractivity contribution in [3.63, 3.8) is 0 Å². The van der Waals surface area contributed by atoms with Gasteiger partial charge in [0, 0.05) is 30.3 Å². The SMILES string of the molecule is Oc1ccc2c(c1)OC(N1CCCCC1)c1ccccc1-2. The monoisotopic (exact) mass is 281 g/mol. The van der Waals surface area contributed by atoms with Crippen LogP contribution in [0.15, 0.2) is 42.5 Å². The van der Waals surface area contributed by atoms with Crippen molar-refractivity contribution in [2.45, 2.75) is 25.5 Å². The number of piperidine rings is 1. The van der Waals surface area contributed by atoms with Crippen LogP contribution in [0.1, 0.15) is 31.1 Å². The second kappa shape index (κ2) is 5.08. The van der Waals surface area contributed by atoms with Gasteiger partial charge in [0.05, 0.1) is 0 Å². The molecule has 2 aromatic rings. The van der Waals surface area contributed by atoms with Gasteiger partial charge in [0.25, 0.3) is 0 Å². The minimum Gasteiger partial charge on any atom is -0.508 e. The molecule has 0 bridgehead atoms. The summed E-state index contributed by atoms with van der Waals surface area (Å²) < 4.78 is 6.24. The smallest absolute Gasteiger partial charge is 0.179 e. The number of nitrogens with zero attached hydrogens (tertiary/aromatic N) is 1. The van der Waals surface area contributed by atoms with Crippen LogP contribution in [0.3, 0.4) is 0 Å². The van der Waals surface area contributed by atoms with E-state index >= 15 is 0 Å². The molecule has 0 aromatic heterocycles. The van der Waals surface area contributed by atoms with Gasteiger partial charge in [0.1, 0.15) is 11.5 Å². The molecular formula is C18H19NO2. The Morgan fingerprint density at radius 2 is 1.76 bits per heavy atom. The molecule has 21 heavy (non-hydrogen) atoms. The molecule has 2 aliphatic heterocycles. The van der Waals surface area contributed by atoms with Gasteiger partial charge in [-0.05, 0) is 30.5 Å². The molecule has 3 heteroatoms. The molecule has 108 valence electrons. The lowest BCUT2D eigenvalue weighted by molar-refractivity contribution is 0.00866. The van der Waals surface area contributed by atoms with Gasteiger partial charge >= 0.3 is 0 Å². The first kappa shape index (κ1) is 12.7. The predicted octanol–water partition coefficient (Wildman–Crippen LogP) is 3.94. The summed E-state index contributed by atoms with van der Waals surface area (Å²) in [4.78, 5) is 2.41. The molecule has 0 spiro atoms. The van der Waals surface area contributed by atoms with Crippen LogP contribution in [-0.2, 0) is 0 Å².